The van der Waals surface area contributed by atoms with Crippen molar-refractivity contribution in [3.05, 3.63) is 47.5 Å². The molecule has 0 bridgehead atoms. The van der Waals surface area contributed by atoms with Crippen LogP contribution in [0.2, 0.25) is 5.02 Å². The Balaban J connectivity index is 2.52. The molecule has 0 saturated heterocycles. The Morgan fingerprint density at radius 2 is 2.00 bits per heavy atom. The molecule has 0 saturated carbocycles. The molecule has 0 unspecified atom stereocenters. The first-order valence-corrected chi connectivity index (χ1v) is 6.49. The van der Waals surface area contributed by atoms with Crippen LogP contribution in [0.1, 0.15) is 10.4 Å². The molecule has 0 aliphatic heterocycles. The minimum atomic E-state index is -0.349. The smallest absolute Gasteiger partial charge is 0.251 e. The second-order valence-electron chi connectivity index (χ2n) is 4.04. The van der Waals surface area contributed by atoms with Gasteiger partial charge in [0.15, 0.2) is 0 Å². The van der Waals surface area contributed by atoms with E-state index in [9.17, 15) is 9.59 Å². The van der Waals surface area contributed by atoms with Crippen molar-refractivity contribution >= 4 is 23.4 Å². The Labute approximate surface area is 122 Å². The average molecular weight is 297 g/mol. The topological polar surface area (TPSA) is 69.6 Å². The first kappa shape index (κ1) is 16.2. The molecule has 20 heavy (non-hydrogen) atoms. The van der Waals surface area contributed by atoms with Gasteiger partial charge in [-0.2, -0.15) is 0 Å². The van der Waals surface area contributed by atoms with Crippen LogP contribution in [0, 0.1) is 0 Å². The van der Waals surface area contributed by atoms with Crippen molar-refractivity contribution in [2.24, 2.45) is 0 Å². The number of carbonyl (C=O) groups is 2. The van der Waals surface area contributed by atoms with Crippen LogP contribution >= 0.6 is 11.6 Å². The second-order valence-corrected chi connectivity index (χ2v) is 4.48. The van der Waals surface area contributed by atoms with Gasteiger partial charge < -0.3 is 15.3 Å². The third-order valence-electron chi connectivity index (χ3n) is 2.58. The van der Waals surface area contributed by atoms with E-state index in [0.717, 1.165) is 0 Å². The third kappa shape index (κ3) is 5.03. The van der Waals surface area contributed by atoms with Gasteiger partial charge in [0.2, 0.25) is 5.91 Å². The van der Waals surface area contributed by atoms with Crippen LogP contribution in [0.15, 0.2) is 36.9 Å². The first-order valence-electron chi connectivity index (χ1n) is 6.11. The minimum Gasteiger partial charge on any atom is -0.395 e. The van der Waals surface area contributed by atoms with Crippen molar-refractivity contribution in [1.82, 2.24) is 10.2 Å². The molecular formula is C14H17ClN2O3. The Kier molecular flexibility index (Phi) is 6.76. The number of benzene rings is 1. The summed E-state index contributed by atoms with van der Waals surface area (Å²) in [6.07, 6.45) is 1.56. The van der Waals surface area contributed by atoms with Crippen LogP contribution in [0.5, 0.6) is 0 Å². The van der Waals surface area contributed by atoms with Crippen LogP contribution in [-0.4, -0.2) is 48.1 Å². The minimum absolute atomic E-state index is 0.130. The number of nitrogens with one attached hydrogen (secondary N) is 1. The first-order chi connectivity index (χ1) is 9.58. The van der Waals surface area contributed by atoms with Gasteiger partial charge in [-0.25, -0.2) is 0 Å². The summed E-state index contributed by atoms with van der Waals surface area (Å²) in [7, 11) is 0. The van der Waals surface area contributed by atoms with E-state index in [1.54, 1.807) is 30.3 Å². The zero-order chi connectivity index (χ0) is 15.0. The molecule has 108 valence electrons. The van der Waals surface area contributed by atoms with Gasteiger partial charge in [0.25, 0.3) is 5.91 Å². The quantitative estimate of drug-likeness (QED) is 0.740. The van der Waals surface area contributed by atoms with Gasteiger partial charge >= 0.3 is 0 Å². The second kappa shape index (κ2) is 8.35. The largest absolute Gasteiger partial charge is 0.395 e. The predicted molar refractivity (Wildman–Crippen MR) is 77.6 cm³/mol. The highest BCUT2D eigenvalue weighted by molar-refractivity contribution is 6.30. The highest BCUT2D eigenvalue weighted by Crippen LogP contribution is 2.09. The van der Waals surface area contributed by atoms with Gasteiger partial charge in [-0.15, -0.1) is 6.58 Å². The van der Waals surface area contributed by atoms with Crippen molar-refractivity contribution in [2.45, 2.75) is 0 Å². The maximum atomic E-state index is 11.8. The van der Waals surface area contributed by atoms with Gasteiger partial charge in [-0.1, -0.05) is 17.7 Å². The molecule has 0 aromatic heterocycles. The number of halogens is 1. The number of hydrogen-bond donors (Lipinski definition) is 2. The molecule has 0 aliphatic carbocycles. The van der Waals surface area contributed by atoms with E-state index in [0.29, 0.717) is 17.1 Å². The summed E-state index contributed by atoms with van der Waals surface area (Å²) in [4.78, 5) is 25.1. The highest BCUT2D eigenvalue weighted by atomic mass is 35.5. The lowest BCUT2D eigenvalue weighted by Crippen LogP contribution is -2.41. The fraction of sp³-hybridized carbons (Fsp3) is 0.286. The molecule has 1 aromatic carbocycles. The van der Waals surface area contributed by atoms with E-state index in [1.165, 1.54) is 4.90 Å². The molecule has 1 rings (SSSR count). The standard InChI is InChI=1S/C14H17ClN2O3/c1-2-7-17(8-9-18)13(19)10-16-14(20)11-3-5-12(15)6-4-11/h2-6,18H,1,7-10H2,(H,16,20). The molecule has 5 nitrogen and oxygen atoms in total. The molecule has 0 aliphatic rings. The van der Waals surface area contributed by atoms with E-state index in [-0.39, 0.29) is 31.5 Å². The van der Waals surface area contributed by atoms with Crippen molar-refractivity contribution < 1.29 is 14.7 Å². The summed E-state index contributed by atoms with van der Waals surface area (Å²) >= 11 is 5.73. The molecule has 0 radical (unpaired) electrons. The van der Waals surface area contributed by atoms with Crippen molar-refractivity contribution in [1.29, 1.82) is 0 Å². The Bertz CT molecular complexity index is 474. The van der Waals surface area contributed by atoms with Crippen molar-refractivity contribution in [3.8, 4) is 0 Å². The monoisotopic (exact) mass is 296 g/mol. The fourth-order valence-corrected chi connectivity index (χ4v) is 1.69. The Morgan fingerprint density at radius 3 is 2.55 bits per heavy atom. The molecule has 1 aromatic rings. The van der Waals surface area contributed by atoms with Crippen LogP contribution in [0.4, 0.5) is 0 Å². The van der Waals surface area contributed by atoms with E-state index >= 15 is 0 Å². The molecule has 0 atom stereocenters. The third-order valence-corrected chi connectivity index (χ3v) is 2.83. The Hall–Kier alpha value is -1.85. The number of aliphatic hydroxyl groups excluding tert-OH is 1. The zero-order valence-electron chi connectivity index (χ0n) is 11.0. The van der Waals surface area contributed by atoms with Crippen LogP contribution < -0.4 is 5.32 Å². The maximum absolute atomic E-state index is 11.8. The molecular weight excluding hydrogens is 280 g/mol. The lowest BCUT2D eigenvalue weighted by Gasteiger charge is -2.20. The Morgan fingerprint density at radius 1 is 1.35 bits per heavy atom. The maximum Gasteiger partial charge on any atom is 0.251 e. The SMILES string of the molecule is C=CCN(CCO)C(=O)CNC(=O)c1ccc(Cl)cc1. The predicted octanol–water partition coefficient (Wildman–Crippen LogP) is 1.08. The van der Waals surface area contributed by atoms with Crippen LogP contribution in [-0.2, 0) is 4.79 Å². The molecule has 2 N–H and O–H groups in total. The number of amides is 2. The summed E-state index contributed by atoms with van der Waals surface area (Å²) in [6, 6.07) is 6.37. The number of carbonyl (C=O) groups excluding carboxylic acids is 2. The van der Waals surface area contributed by atoms with E-state index < -0.39 is 0 Å². The van der Waals surface area contributed by atoms with E-state index in [1.807, 2.05) is 0 Å². The average Bonchev–Trinajstić information content (AvgIpc) is 2.45. The number of rotatable bonds is 7. The zero-order valence-corrected chi connectivity index (χ0v) is 11.8. The van der Waals surface area contributed by atoms with Gasteiger partial charge in [0.1, 0.15) is 0 Å². The molecule has 6 heteroatoms. The van der Waals surface area contributed by atoms with Gasteiger partial charge in [-0.05, 0) is 24.3 Å². The molecule has 0 heterocycles. The summed E-state index contributed by atoms with van der Waals surface area (Å²) in [5.74, 6) is -0.626. The summed E-state index contributed by atoms with van der Waals surface area (Å²) in [6.45, 7) is 3.82. The number of hydrogen-bond acceptors (Lipinski definition) is 3. The van der Waals surface area contributed by atoms with Gasteiger partial charge in [0, 0.05) is 23.7 Å². The lowest BCUT2D eigenvalue weighted by molar-refractivity contribution is -0.130. The summed E-state index contributed by atoms with van der Waals surface area (Å²) in [5, 5.41) is 11.9. The number of aliphatic hydroxyl groups is 1. The van der Waals surface area contributed by atoms with E-state index in [4.69, 9.17) is 16.7 Å². The highest BCUT2D eigenvalue weighted by Gasteiger charge is 2.13. The molecule has 0 spiro atoms. The van der Waals surface area contributed by atoms with E-state index in [2.05, 4.69) is 11.9 Å². The summed E-state index contributed by atoms with van der Waals surface area (Å²) in [5.41, 5.74) is 0.430. The van der Waals surface area contributed by atoms with Gasteiger partial charge in [0.05, 0.1) is 13.2 Å². The lowest BCUT2D eigenvalue weighted by atomic mass is 10.2. The molecule has 2 amide bonds. The normalized spacial score (nSPS) is 9.90. The number of nitrogens with zero attached hydrogens (tertiary/aromatic N) is 1. The van der Waals surface area contributed by atoms with Crippen LogP contribution in [0.3, 0.4) is 0 Å². The fourth-order valence-electron chi connectivity index (χ4n) is 1.57. The summed E-state index contributed by atoms with van der Waals surface area (Å²) < 4.78 is 0. The van der Waals surface area contributed by atoms with Crippen LogP contribution in [0.25, 0.3) is 0 Å². The molecule has 0 fully saturated rings. The van der Waals surface area contributed by atoms with Crippen molar-refractivity contribution in [2.75, 3.05) is 26.2 Å². The van der Waals surface area contributed by atoms with Crippen molar-refractivity contribution in [3.63, 3.8) is 0 Å². The van der Waals surface area contributed by atoms with Gasteiger partial charge in [-0.3, -0.25) is 9.59 Å².